The topological polar surface area (TPSA) is 38.4 Å². The first kappa shape index (κ1) is 9.51. The van der Waals surface area contributed by atoms with Gasteiger partial charge in [0.25, 0.3) is 0 Å². The lowest BCUT2D eigenvalue weighted by Crippen LogP contribution is -2.01. The van der Waals surface area contributed by atoms with Gasteiger partial charge >= 0.3 is 0 Å². The fourth-order valence-electron chi connectivity index (χ4n) is 0.703. The van der Waals surface area contributed by atoms with E-state index in [2.05, 4.69) is 36.3 Å². The molecule has 0 bridgehead atoms. The summed E-state index contributed by atoms with van der Waals surface area (Å²) in [4.78, 5) is 0. The zero-order valence-electron chi connectivity index (χ0n) is 5.55. The maximum atomic E-state index is 5.21. The Morgan fingerprint density at radius 2 is 2.18 bits per heavy atom. The Morgan fingerprint density at radius 3 is 2.82 bits per heavy atom. The van der Waals surface area contributed by atoms with Crippen molar-refractivity contribution in [3.63, 3.8) is 0 Å². The molecule has 0 fully saturated rings. The van der Waals surface area contributed by atoms with Crippen LogP contribution in [0.3, 0.4) is 0 Å². The number of halogens is 2. The van der Waals surface area contributed by atoms with Gasteiger partial charge in [0.1, 0.15) is 0 Å². The Kier molecular flexibility index (Phi) is 3.84. The highest BCUT2D eigenvalue weighted by molar-refractivity contribution is 9.12. The third kappa shape index (κ3) is 2.74. The third-order valence-corrected chi connectivity index (χ3v) is 2.78. The summed E-state index contributed by atoms with van der Waals surface area (Å²) in [5.41, 5.74) is 0.965. The smallest absolute Gasteiger partial charge is 0.0692 e. The lowest BCUT2D eigenvalue weighted by Gasteiger charge is -2.07. The minimum absolute atomic E-state index is 0.807. The molecular formula is C6H6Br2N2S. The zero-order valence-corrected chi connectivity index (χ0v) is 9.54. The van der Waals surface area contributed by atoms with E-state index >= 15 is 0 Å². The largest absolute Gasteiger partial charge is 0.258 e. The van der Waals surface area contributed by atoms with Crippen molar-refractivity contribution in [3.05, 3.63) is 21.1 Å². The van der Waals surface area contributed by atoms with E-state index in [9.17, 15) is 0 Å². The number of nitrogens with two attached hydrogens (primary N) is 1. The molecule has 0 heterocycles. The van der Waals surface area contributed by atoms with Crippen LogP contribution in [0, 0.1) is 0 Å². The van der Waals surface area contributed by atoms with Crippen LogP contribution in [-0.2, 0) is 0 Å². The monoisotopic (exact) mass is 296 g/mol. The van der Waals surface area contributed by atoms with Crippen LogP contribution in [0.2, 0.25) is 0 Å². The quantitative estimate of drug-likeness (QED) is 0.756. The van der Waals surface area contributed by atoms with Crippen LogP contribution in [0.1, 0.15) is 6.42 Å². The first-order valence-corrected chi connectivity index (χ1v) is 5.31. The highest BCUT2D eigenvalue weighted by atomic mass is 79.9. The maximum absolute atomic E-state index is 5.21. The normalized spacial score (nSPS) is 21.5. The Balaban J connectivity index is 2.81. The SMILES string of the molecule is NSN=C1CC(Br)=CC=C1Br. The summed E-state index contributed by atoms with van der Waals surface area (Å²) >= 11 is 7.75. The van der Waals surface area contributed by atoms with E-state index in [1.165, 1.54) is 0 Å². The second kappa shape index (κ2) is 4.45. The van der Waals surface area contributed by atoms with Gasteiger partial charge in [-0.1, -0.05) is 22.0 Å². The molecule has 0 saturated carbocycles. The average molecular weight is 298 g/mol. The molecule has 2 nitrogen and oxygen atoms in total. The van der Waals surface area contributed by atoms with E-state index in [1.54, 1.807) is 0 Å². The Morgan fingerprint density at radius 1 is 1.45 bits per heavy atom. The lowest BCUT2D eigenvalue weighted by molar-refractivity contribution is 1.42. The molecule has 60 valence electrons. The fourth-order valence-corrected chi connectivity index (χ4v) is 1.87. The molecule has 0 aromatic heterocycles. The second-order valence-corrected chi connectivity index (χ2v) is 4.21. The van der Waals surface area contributed by atoms with Crippen molar-refractivity contribution in [3.8, 4) is 0 Å². The first-order valence-electron chi connectivity index (χ1n) is 2.89. The molecule has 11 heavy (non-hydrogen) atoms. The molecule has 0 aromatic rings. The molecule has 0 unspecified atom stereocenters. The van der Waals surface area contributed by atoms with E-state index in [1.807, 2.05) is 12.2 Å². The minimum atomic E-state index is 0.807. The second-order valence-electron chi connectivity index (χ2n) is 1.95. The molecular weight excluding hydrogens is 292 g/mol. The molecule has 0 spiro atoms. The molecule has 1 aliphatic carbocycles. The van der Waals surface area contributed by atoms with E-state index in [0.29, 0.717) is 0 Å². The van der Waals surface area contributed by atoms with Crippen molar-refractivity contribution < 1.29 is 0 Å². The number of rotatable bonds is 1. The highest BCUT2D eigenvalue weighted by Gasteiger charge is 2.09. The van der Waals surface area contributed by atoms with Gasteiger partial charge in [0.15, 0.2) is 0 Å². The molecule has 5 heteroatoms. The average Bonchev–Trinajstić information content (AvgIpc) is 1.98. The van der Waals surface area contributed by atoms with Gasteiger partial charge in [0.05, 0.1) is 17.8 Å². The Hall–Kier alpha value is 0.420. The van der Waals surface area contributed by atoms with E-state index in [-0.39, 0.29) is 0 Å². The van der Waals surface area contributed by atoms with Crippen LogP contribution in [0.25, 0.3) is 0 Å². The summed E-state index contributed by atoms with van der Waals surface area (Å²) in [5, 5.41) is 5.21. The minimum Gasteiger partial charge on any atom is -0.258 e. The standard InChI is InChI=1S/C6H6Br2N2S/c7-4-1-2-5(8)6(3-4)10-11-9/h1-2H,3,9H2. The summed E-state index contributed by atoms with van der Waals surface area (Å²) in [6.45, 7) is 0. The van der Waals surface area contributed by atoms with Gasteiger partial charge < -0.3 is 0 Å². The summed E-state index contributed by atoms with van der Waals surface area (Å²) in [7, 11) is 0. The van der Waals surface area contributed by atoms with Crippen LogP contribution in [0.4, 0.5) is 0 Å². The summed E-state index contributed by atoms with van der Waals surface area (Å²) in [6, 6.07) is 0. The van der Waals surface area contributed by atoms with Crippen molar-refractivity contribution in [2.45, 2.75) is 6.42 Å². The van der Waals surface area contributed by atoms with E-state index in [0.717, 1.165) is 33.2 Å². The summed E-state index contributed by atoms with van der Waals surface area (Å²) < 4.78 is 6.16. The van der Waals surface area contributed by atoms with Crippen LogP contribution >= 0.6 is 44.0 Å². The molecule has 1 rings (SSSR count). The highest BCUT2D eigenvalue weighted by Crippen LogP contribution is 2.24. The van der Waals surface area contributed by atoms with Gasteiger partial charge in [0, 0.05) is 15.4 Å². The maximum Gasteiger partial charge on any atom is 0.0692 e. The van der Waals surface area contributed by atoms with Crippen LogP contribution in [0.15, 0.2) is 25.5 Å². The molecule has 0 aliphatic heterocycles. The Bertz CT molecular complexity index is 245. The molecule has 0 atom stereocenters. The summed E-state index contributed by atoms with van der Waals surface area (Å²) in [6.07, 6.45) is 4.74. The molecule has 0 amide bonds. The van der Waals surface area contributed by atoms with Crippen LogP contribution in [-0.4, -0.2) is 5.71 Å². The zero-order chi connectivity index (χ0) is 8.27. The number of hydrogen-bond donors (Lipinski definition) is 1. The van der Waals surface area contributed by atoms with Crippen LogP contribution < -0.4 is 5.14 Å². The first-order chi connectivity index (χ1) is 5.24. The molecule has 0 radical (unpaired) electrons. The van der Waals surface area contributed by atoms with Gasteiger partial charge in [-0.25, -0.2) is 4.40 Å². The third-order valence-electron chi connectivity index (χ3n) is 1.19. The molecule has 0 saturated heterocycles. The van der Waals surface area contributed by atoms with Gasteiger partial charge in [-0.3, -0.25) is 5.14 Å². The van der Waals surface area contributed by atoms with Gasteiger partial charge in [-0.05, 0) is 22.0 Å². The predicted octanol–water partition coefficient (Wildman–Crippen LogP) is 2.91. The number of nitrogens with zero attached hydrogens (tertiary/aromatic N) is 1. The summed E-state index contributed by atoms with van der Waals surface area (Å²) in [5.74, 6) is 0. The lowest BCUT2D eigenvalue weighted by atomic mass is 10.2. The van der Waals surface area contributed by atoms with E-state index < -0.39 is 0 Å². The Labute approximate surface area is 86.5 Å². The van der Waals surface area contributed by atoms with Crippen LogP contribution in [0.5, 0.6) is 0 Å². The fraction of sp³-hybridized carbons (Fsp3) is 0.167. The molecule has 0 aromatic carbocycles. The van der Waals surface area contributed by atoms with Gasteiger partial charge in [0.2, 0.25) is 0 Å². The van der Waals surface area contributed by atoms with Gasteiger partial charge in [-0.15, -0.1) is 0 Å². The molecule has 1 aliphatic rings. The molecule has 2 N–H and O–H groups in total. The van der Waals surface area contributed by atoms with Gasteiger partial charge in [-0.2, -0.15) is 0 Å². The predicted molar refractivity (Wildman–Crippen MR) is 57.9 cm³/mol. The van der Waals surface area contributed by atoms with Crippen molar-refractivity contribution in [2.75, 3.05) is 0 Å². The van der Waals surface area contributed by atoms with Crippen molar-refractivity contribution >= 4 is 49.7 Å². The van der Waals surface area contributed by atoms with E-state index in [4.69, 9.17) is 5.14 Å². The van der Waals surface area contributed by atoms with Crippen molar-refractivity contribution in [2.24, 2.45) is 9.54 Å². The number of hydrogen-bond acceptors (Lipinski definition) is 3. The van der Waals surface area contributed by atoms with Crippen molar-refractivity contribution in [1.82, 2.24) is 0 Å². The number of allylic oxidation sites excluding steroid dienone is 4. The van der Waals surface area contributed by atoms with Crippen molar-refractivity contribution in [1.29, 1.82) is 0 Å².